The van der Waals surface area contributed by atoms with Gasteiger partial charge in [0.15, 0.2) is 0 Å². The van der Waals surface area contributed by atoms with Gasteiger partial charge in [-0.15, -0.1) is 0 Å². The third kappa shape index (κ3) is 5.57. The molecule has 3 aromatic carbocycles. The second-order valence-electron chi connectivity index (χ2n) is 7.42. The number of rotatable bonds is 9. The summed E-state index contributed by atoms with van der Waals surface area (Å²) >= 11 is 0. The summed E-state index contributed by atoms with van der Waals surface area (Å²) in [6, 6.07) is 24.6. The van der Waals surface area contributed by atoms with Crippen molar-refractivity contribution in [1.29, 1.82) is 0 Å². The van der Waals surface area contributed by atoms with Crippen LogP contribution in [0.2, 0.25) is 0 Å². The van der Waals surface area contributed by atoms with Crippen LogP contribution in [0.25, 0.3) is 11.4 Å². The van der Waals surface area contributed by atoms with E-state index in [9.17, 15) is 4.79 Å². The standard InChI is InChI=1S/C26H25N3O4/c1-31-21-12-8-19(9-13-21)25(18-6-4-3-5-7-18)27-23(30)16-17-24-28-26(29-33-24)20-10-14-22(32-2)15-11-20/h3-15,25H,16-17H2,1-2H3,(H,27,30). The van der Waals surface area contributed by atoms with Crippen molar-refractivity contribution in [3.8, 4) is 22.9 Å². The minimum absolute atomic E-state index is 0.108. The van der Waals surface area contributed by atoms with Crippen molar-refractivity contribution in [2.24, 2.45) is 0 Å². The normalized spacial score (nSPS) is 11.6. The first-order valence-corrected chi connectivity index (χ1v) is 10.6. The summed E-state index contributed by atoms with van der Waals surface area (Å²) in [6.07, 6.45) is 0.572. The fourth-order valence-electron chi connectivity index (χ4n) is 3.47. The van der Waals surface area contributed by atoms with Crippen molar-refractivity contribution in [1.82, 2.24) is 15.5 Å². The number of amides is 1. The van der Waals surface area contributed by atoms with Gasteiger partial charge in [0, 0.05) is 18.4 Å². The maximum absolute atomic E-state index is 12.8. The Morgan fingerprint density at radius 3 is 2.12 bits per heavy atom. The Bertz CT molecular complexity index is 1170. The van der Waals surface area contributed by atoms with Crippen molar-refractivity contribution < 1.29 is 18.8 Å². The summed E-state index contributed by atoms with van der Waals surface area (Å²) in [6.45, 7) is 0. The second-order valence-corrected chi connectivity index (χ2v) is 7.42. The maximum atomic E-state index is 12.8. The van der Waals surface area contributed by atoms with Gasteiger partial charge in [-0.25, -0.2) is 0 Å². The van der Waals surface area contributed by atoms with Gasteiger partial charge in [0.1, 0.15) is 11.5 Å². The van der Waals surface area contributed by atoms with Gasteiger partial charge < -0.3 is 19.3 Å². The molecular weight excluding hydrogens is 418 g/mol. The molecule has 0 fully saturated rings. The van der Waals surface area contributed by atoms with E-state index >= 15 is 0 Å². The monoisotopic (exact) mass is 443 g/mol. The number of benzene rings is 3. The molecule has 1 heterocycles. The third-order valence-electron chi connectivity index (χ3n) is 5.27. The van der Waals surface area contributed by atoms with E-state index in [2.05, 4.69) is 15.5 Å². The molecular formula is C26H25N3O4. The summed E-state index contributed by atoms with van der Waals surface area (Å²) in [7, 11) is 3.24. The minimum Gasteiger partial charge on any atom is -0.497 e. The SMILES string of the molecule is COc1ccc(-c2noc(CCC(=O)NC(c3ccccc3)c3ccc(OC)cc3)n2)cc1. The Hall–Kier alpha value is -4.13. The molecule has 0 aliphatic rings. The summed E-state index contributed by atoms with van der Waals surface area (Å²) in [5, 5.41) is 7.15. The predicted molar refractivity (Wildman–Crippen MR) is 124 cm³/mol. The van der Waals surface area contributed by atoms with E-state index in [4.69, 9.17) is 14.0 Å². The number of aryl methyl sites for hydroxylation is 1. The molecule has 0 saturated carbocycles. The highest BCUT2D eigenvalue weighted by Crippen LogP contribution is 2.25. The van der Waals surface area contributed by atoms with Crippen molar-refractivity contribution in [3.05, 3.63) is 95.9 Å². The minimum atomic E-state index is -0.276. The lowest BCUT2D eigenvalue weighted by Crippen LogP contribution is -2.29. The number of methoxy groups -OCH3 is 2. The highest BCUT2D eigenvalue weighted by atomic mass is 16.5. The molecule has 7 heteroatoms. The number of nitrogens with zero attached hydrogens (tertiary/aromatic N) is 2. The van der Waals surface area contributed by atoms with Crippen LogP contribution in [0.5, 0.6) is 11.5 Å². The van der Waals surface area contributed by atoms with Crippen LogP contribution in [0.15, 0.2) is 83.4 Å². The number of ether oxygens (including phenoxy) is 2. The third-order valence-corrected chi connectivity index (χ3v) is 5.27. The van der Waals surface area contributed by atoms with Crippen LogP contribution in [0.3, 0.4) is 0 Å². The molecule has 4 rings (SSSR count). The first-order chi connectivity index (χ1) is 16.2. The summed E-state index contributed by atoms with van der Waals surface area (Å²) in [5.74, 6) is 2.30. The molecule has 1 unspecified atom stereocenters. The second kappa shape index (κ2) is 10.5. The average molecular weight is 444 g/mol. The predicted octanol–water partition coefficient (Wildman–Crippen LogP) is 4.59. The van der Waals surface area contributed by atoms with Crippen LogP contribution >= 0.6 is 0 Å². The van der Waals surface area contributed by atoms with E-state index in [1.807, 2.05) is 78.9 Å². The molecule has 0 spiro atoms. The first kappa shape index (κ1) is 22.1. The Labute approximate surface area is 192 Å². The number of nitrogens with one attached hydrogen (secondary N) is 1. The lowest BCUT2D eigenvalue weighted by molar-refractivity contribution is -0.121. The van der Waals surface area contributed by atoms with E-state index in [1.54, 1.807) is 14.2 Å². The van der Waals surface area contributed by atoms with Crippen molar-refractivity contribution in [2.75, 3.05) is 14.2 Å². The highest BCUT2D eigenvalue weighted by molar-refractivity contribution is 5.77. The van der Waals surface area contributed by atoms with Crippen LogP contribution in [0, 0.1) is 0 Å². The zero-order valence-corrected chi connectivity index (χ0v) is 18.5. The van der Waals surface area contributed by atoms with Crippen LogP contribution in [0.1, 0.15) is 29.5 Å². The molecule has 1 atom stereocenters. The van der Waals surface area contributed by atoms with E-state index < -0.39 is 0 Å². The summed E-state index contributed by atoms with van der Waals surface area (Å²) in [4.78, 5) is 17.2. The average Bonchev–Trinajstić information content (AvgIpc) is 3.36. The fourth-order valence-corrected chi connectivity index (χ4v) is 3.47. The van der Waals surface area contributed by atoms with E-state index in [1.165, 1.54) is 0 Å². The highest BCUT2D eigenvalue weighted by Gasteiger charge is 2.18. The molecule has 1 amide bonds. The van der Waals surface area contributed by atoms with Gasteiger partial charge in [-0.1, -0.05) is 47.6 Å². The lowest BCUT2D eigenvalue weighted by Gasteiger charge is -2.20. The van der Waals surface area contributed by atoms with E-state index in [0.717, 1.165) is 28.2 Å². The zero-order valence-electron chi connectivity index (χ0n) is 18.5. The number of hydrogen-bond acceptors (Lipinski definition) is 6. The Morgan fingerprint density at radius 2 is 1.48 bits per heavy atom. The fraction of sp³-hybridized carbons (Fsp3) is 0.192. The number of hydrogen-bond donors (Lipinski definition) is 1. The van der Waals surface area contributed by atoms with Crippen molar-refractivity contribution in [3.63, 3.8) is 0 Å². The van der Waals surface area contributed by atoms with Gasteiger partial charge in [-0.2, -0.15) is 4.98 Å². The van der Waals surface area contributed by atoms with Crippen LogP contribution in [0.4, 0.5) is 0 Å². The van der Waals surface area contributed by atoms with Gasteiger partial charge in [0.25, 0.3) is 0 Å². The van der Waals surface area contributed by atoms with E-state index in [0.29, 0.717) is 18.1 Å². The van der Waals surface area contributed by atoms with Crippen molar-refractivity contribution >= 4 is 5.91 Å². The number of carbonyl (C=O) groups is 1. The zero-order chi connectivity index (χ0) is 23.0. The Morgan fingerprint density at radius 1 is 0.879 bits per heavy atom. The molecule has 0 aliphatic carbocycles. The van der Waals surface area contributed by atoms with Crippen molar-refractivity contribution in [2.45, 2.75) is 18.9 Å². The van der Waals surface area contributed by atoms with E-state index in [-0.39, 0.29) is 18.4 Å². The molecule has 1 N–H and O–H groups in total. The molecule has 1 aromatic heterocycles. The van der Waals surface area contributed by atoms with Gasteiger partial charge in [0.05, 0.1) is 20.3 Å². The molecule has 0 bridgehead atoms. The number of carbonyl (C=O) groups excluding carboxylic acids is 1. The molecule has 33 heavy (non-hydrogen) atoms. The Kier molecular flexibility index (Phi) is 6.99. The van der Waals surface area contributed by atoms with Crippen LogP contribution in [-0.4, -0.2) is 30.3 Å². The topological polar surface area (TPSA) is 86.5 Å². The molecule has 168 valence electrons. The first-order valence-electron chi connectivity index (χ1n) is 10.6. The smallest absolute Gasteiger partial charge is 0.227 e. The molecule has 0 radical (unpaired) electrons. The molecule has 0 saturated heterocycles. The van der Waals surface area contributed by atoms with Gasteiger partial charge in [-0.3, -0.25) is 4.79 Å². The number of aromatic nitrogens is 2. The quantitative estimate of drug-likeness (QED) is 0.407. The van der Waals surface area contributed by atoms with Crippen LogP contribution < -0.4 is 14.8 Å². The van der Waals surface area contributed by atoms with Gasteiger partial charge >= 0.3 is 0 Å². The lowest BCUT2D eigenvalue weighted by atomic mass is 9.98. The molecule has 7 nitrogen and oxygen atoms in total. The van der Waals surface area contributed by atoms with Crippen LogP contribution in [-0.2, 0) is 11.2 Å². The van der Waals surface area contributed by atoms with Gasteiger partial charge in [0.2, 0.25) is 17.6 Å². The largest absolute Gasteiger partial charge is 0.497 e. The molecule has 4 aromatic rings. The molecule has 0 aliphatic heterocycles. The Balaban J connectivity index is 1.42. The summed E-state index contributed by atoms with van der Waals surface area (Å²) in [5.41, 5.74) is 2.78. The van der Waals surface area contributed by atoms with Gasteiger partial charge in [-0.05, 0) is 47.5 Å². The maximum Gasteiger partial charge on any atom is 0.227 e. The summed E-state index contributed by atoms with van der Waals surface area (Å²) < 4.78 is 15.8.